The van der Waals surface area contributed by atoms with Gasteiger partial charge in [0.1, 0.15) is 5.82 Å². The quantitative estimate of drug-likeness (QED) is 0.625. The minimum absolute atomic E-state index is 0.0487. The number of fused-ring (bicyclic) bond motifs is 1. The van der Waals surface area contributed by atoms with Crippen molar-refractivity contribution in [2.75, 3.05) is 5.75 Å². The summed E-state index contributed by atoms with van der Waals surface area (Å²) in [5, 5.41) is 3.57. The van der Waals surface area contributed by atoms with E-state index < -0.39 is 0 Å². The fraction of sp³-hybridized carbons (Fsp3) is 0.389. The lowest BCUT2D eigenvalue weighted by molar-refractivity contribution is -0.119. The summed E-state index contributed by atoms with van der Waals surface area (Å²) in [6, 6.07) is 5.76. The van der Waals surface area contributed by atoms with Crippen LogP contribution in [0, 0.1) is 5.82 Å². The predicted molar refractivity (Wildman–Crippen MR) is 103 cm³/mol. The highest BCUT2D eigenvalue weighted by Gasteiger charge is 2.27. The van der Waals surface area contributed by atoms with Crippen LogP contribution in [0.25, 0.3) is 5.69 Å². The Kier molecular flexibility index (Phi) is 5.72. The molecule has 1 N–H and O–H groups in total. The highest BCUT2D eigenvalue weighted by atomic mass is 32.2. The van der Waals surface area contributed by atoms with Crippen molar-refractivity contribution in [3.63, 3.8) is 0 Å². The van der Waals surface area contributed by atoms with Gasteiger partial charge in [0.15, 0.2) is 5.16 Å². The highest BCUT2D eigenvalue weighted by molar-refractivity contribution is 8.00. The Hall–Kier alpha value is -1.80. The number of amides is 1. The number of halogens is 1. The molecule has 26 heavy (non-hydrogen) atoms. The van der Waals surface area contributed by atoms with Gasteiger partial charge in [-0.25, -0.2) is 9.37 Å². The van der Waals surface area contributed by atoms with Crippen LogP contribution in [-0.4, -0.2) is 32.5 Å². The van der Waals surface area contributed by atoms with Crippen LogP contribution in [0.3, 0.4) is 0 Å². The maximum Gasteiger partial charge on any atom is 0.272 e. The van der Waals surface area contributed by atoms with E-state index in [1.807, 2.05) is 13.8 Å². The smallest absolute Gasteiger partial charge is 0.272 e. The van der Waals surface area contributed by atoms with Crippen LogP contribution in [0.1, 0.15) is 26.5 Å². The van der Waals surface area contributed by atoms with Crippen LogP contribution in [0.15, 0.2) is 39.1 Å². The predicted octanol–water partition coefficient (Wildman–Crippen LogP) is 3.03. The first-order valence-corrected chi connectivity index (χ1v) is 10.2. The van der Waals surface area contributed by atoms with Crippen LogP contribution >= 0.6 is 23.5 Å². The summed E-state index contributed by atoms with van der Waals surface area (Å²) in [5.74, 6) is -0.328. The molecule has 0 saturated heterocycles. The number of nitrogens with one attached hydrogen (secondary N) is 1. The standard InChI is InChI=1S/C18H20FN3O2S2/c1-10(2)20-15(23)9-25-18-21-14-8-11(3)26-16(14)17(24)22(18)13-6-4-12(19)5-7-13/h4-7,10-11H,8-9H2,1-3H3,(H,20,23). The van der Waals surface area contributed by atoms with E-state index in [0.29, 0.717) is 15.7 Å². The minimum Gasteiger partial charge on any atom is -0.353 e. The van der Waals surface area contributed by atoms with Crippen LogP contribution in [-0.2, 0) is 11.2 Å². The molecule has 1 aromatic carbocycles. The molecule has 2 heterocycles. The highest BCUT2D eigenvalue weighted by Crippen LogP contribution is 2.34. The second-order valence-electron chi connectivity index (χ2n) is 6.43. The first-order chi connectivity index (χ1) is 12.3. The first-order valence-electron chi connectivity index (χ1n) is 8.36. The molecule has 0 bridgehead atoms. The fourth-order valence-corrected chi connectivity index (χ4v) is 4.64. The van der Waals surface area contributed by atoms with E-state index in [4.69, 9.17) is 0 Å². The summed E-state index contributed by atoms with van der Waals surface area (Å²) in [6.45, 7) is 5.84. The molecular formula is C18H20FN3O2S2. The van der Waals surface area contributed by atoms with Crippen molar-refractivity contribution in [1.29, 1.82) is 0 Å². The Labute approximate surface area is 159 Å². The lowest BCUT2D eigenvalue weighted by Gasteiger charge is -2.14. The summed E-state index contributed by atoms with van der Waals surface area (Å²) >= 11 is 2.73. The van der Waals surface area contributed by atoms with Gasteiger partial charge in [-0.1, -0.05) is 18.7 Å². The van der Waals surface area contributed by atoms with Gasteiger partial charge in [-0.15, -0.1) is 11.8 Å². The molecular weight excluding hydrogens is 373 g/mol. The molecule has 8 heteroatoms. The van der Waals surface area contributed by atoms with Gasteiger partial charge in [0.25, 0.3) is 5.56 Å². The molecule has 2 aromatic rings. The normalized spacial score (nSPS) is 16.0. The number of hydrogen-bond donors (Lipinski definition) is 1. The van der Waals surface area contributed by atoms with Crippen LogP contribution in [0.2, 0.25) is 0 Å². The van der Waals surface area contributed by atoms with Crippen molar-refractivity contribution in [3.8, 4) is 5.69 Å². The lowest BCUT2D eigenvalue weighted by Crippen LogP contribution is -2.32. The summed E-state index contributed by atoms with van der Waals surface area (Å²) in [7, 11) is 0. The lowest BCUT2D eigenvalue weighted by atomic mass is 10.2. The first kappa shape index (κ1) is 19.0. The number of hydrogen-bond acceptors (Lipinski definition) is 5. The topological polar surface area (TPSA) is 64.0 Å². The average molecular weight is 394 g/mol. The van der Waals surface area contributed by atoms with E-state index in [2.05, 4.69) is 17.2 Å². The molecule has 0 saturated carbocycles. The molecule has 138 valence electrons. The van der Waals surface area contributed by atoms with Gasteiger partial charge < -0.3 is 5.32 Å². The molecule has 0 aliphatic carbocycles. The van der Waals surface area contributed by atoms with Crippen LogP contribution in [0.4, 0.5) is 4.39 Å². The van der Waals surface area contributed by atoms with Crippen LogP contribution < -0.4 is 10.9 Å². The third kappa shape index (κ3) is 4.12. The third-order valence-corrected chi connectivity index (χ3v) is 5.90. The molecule has 1 aromatic heterocycles. The number of nitrogens with zero attached hydrogens (tertiary/aromatic N) is 2. The molecule has 1 aliphatic rings. The Morgan fingerprint density at radius 1 is 1.42 bits per heavy atom. The maximum atomic E-state index is 13.3. The SMILES string of the molecule is CC(C)NC(=O)CSc1nc2c(c(=O)n1-c1ccc(F)cc1)SC(C)C2. The van der Waals surface area contributed by atoms with E-state index in [9.17, 15) is 14.0 Å². The number of thioether (sulfide) groups is 2. The summed E-state index contributed by atoms with van der Waals surface area (Å²) in [4.78, 5) is 30.3. The van der Waals surface area contributed by atoms with Crippen LogP contribution in [0.5, 0.6) is 0 Å². The van der Waals surface area contributed by atoms with E-state index in [1.165, 1.54) is 40.2 Å². The number of carbonyl (C=O) groups is 1. The zero-order chi connectivity index (χ0) is 18.8. The van der Waals surface area contributed by atoms with E-state index in [-0.39, 0.29) is 34.3 Å². The number of aromatic nitrogens is 2. The summed E-state index contributed by atoms with van der Waals surface area (Å²) in [6.07, 6.45) is 0.727. The monoisotopic (exact) mass is 393 g/mol. The molecule has 1 atom stereocenters. The van der Waals surface area contributed by atoms with Gasteiger partial charge in [-0.05, 0) is 38.1 Å². The van der Waals surface area contributed by atoms with Crippen molar-refractivity contribution < 1.29 is 9.18 Å². The summed E-state index contributed by atoms with van der Waals surface area (Å²) < 4.78 is 14.8. The molecule has 5 nitrogen and oxygen atoms in total. The Balaban J connectivity index is 2.00. The number of rotatable bonds is 5. The number of carbonyl (C=O) groups excluding carboxylic acids is 1. The van der Waals surface area contributed by atoms with Gasteiger partial charge in [0.2, 0.25) is 5.91 Å². The average Bonchev–Trinajstić information content (AvgIpc) is 2.94. The fourth-order valence-electron chi connectivity index (χ4n) is 2.71. The zero-order valence-corrected chi connectivity index (χ0v) is 16.4. The Bertz CT molecular complexity index is 881. The minimum atomic E-state index is -0.371. The van der Waals surface area contributed by atoms with Crippen molar-refractivity contribution in [3.05, 3.63) is 46.1 Å². The van der Waals surface area contributed by atoms with E-state index >= 15 is 0 Å². The van der Waals surface area contributed by atoms with Gasteiger partial charge in [0, 0.05) is 17.7 Å². The van der Waals surface area contributed by atoms with Crippen molar-refractivity contribution in [2.45, 2.75) is 48.5 Å². The molecule has 0 spiro atoms. The Morgan fingerprint density at radius 3 is 2.77 bits per heavy atom. The van der Waals surface area contributed by atoms with E-state index in [0.717, 1.165) is 12.1 Å². The molecule has 1 amide bonds. The van der Waals surface area contributed by atoms with Crippen molar-refractivity contribution in [2.24, 2.45) is 0 Å². The molecule has 1 aliphatic heterocycles. The zero-order valence-electron chi connectivity index (χ0n) is 14.8. The molecule has 3 rings (SSSR count). The number of benzene rings is 1. The third-order valence-electron chi connectivity index (χ3n) is 3.75. The molecule has 1 unspecified atom stereocenters. The second kappa shape index (κ2) is 7.84. The van der Waals surface area contributed by atoms with E-state index in [1.54, 1.807) is 12.1 Å². The second-order valence-corrected chi connectivity index (χ2v) is 8.82. The van der Waals surface area contributed by atoms with Crippen molar-refractivity contribution >= 4 is 29.4 Å². The maximum absolute atomic E-state index is 13.3. The van der Waals surface area contributed by atoms with Gasteiger partial charge in [0.05, 0.1) is 22.0 Å². The molecule has 0 fully saturated rings. The largest absolute Gasteiger partial charge is 0.353 e. The summed E-state index contributed by atoms with van der Waals surface area (Å²) in [5.41, 5.74) is 1.15. The van der Waals surface area contributed by atoms with Gasteiger partial charge >= 0.3 is 0 Å². The molecule has 0 radical (unpaired) electrons. The van der Waals surface area contributed by atoms with Crippen molar-refractivity contribution in [1.82, 2.24) is 14.9 Å². The van der Waals surface area contributed by atoms with Gasteiger partial charge in [-0.3, -0.25) is 14.2 Å². The Morgan fingerprint density at radius 2 is 2.12 bits per heavy atom. The van der Waals surface area contributed by atoms with Gasteiger partial charge in [-0.2, -0.15) is 0 Å².